The van der Waals surface area contributed by atoms with Crippen LogP contribution in [0.5, 0.6) is 0 Å². The lowest BCUT2D eigenvalue weighted by molar-refractivity contribution is 0.156. The topological polar surface area (TPSA) is 110 Å². The molecule has 4 aromatic rings. The smallest absolute Gasteiger partial charge is 0.239 e. The number of rotatable bonds is 6. The van der Waals surface area contributed by atoms with Crippen molar-refractivity contribution in [2.45, 2.75) is 17.8 Å². The molecule has 1 aromatic carbocycles. The first-order valence-corrected chi connectivity index (χ1v) is 11.5. The Morgan fingerprint density at radius 3 is 2.49 bits per heavy atom. The van der Waals surface area contributed by atoms with Gasteiger partial charge in [-0.2, -0.15) is 5.10 Å². The van der Waals surface area contributed by atoms with E-state index < -0.39 is 23.6 Å². The maximum Gasteiger partial charge on any atom is 0.239 e. The molecule has 1 aliphatic rings. The first-order chi connectivity index (χ1) is 16.9. The monoisotopic (exact) mass is 503 g/mol. The van der Waals surface area contributed by atoms with Gasteiger partial charge in [-0.1, -0.05) is 6.07 Å². The van der Waals surface area contributed by atoms with Crippen molar-refractivity contribution in [2.24, 2.45) is 7.05 Å². The van der Waals surface area contributed by atoms with Crippen LogP contribution in [-0.2, 0) is 7.05 Å². The van der Waals surface area contributed by atoms with Crippen LogP contribution in [0.3, 0.4) is 0 Å². The number of hydrogen-bond donors (Lipinski definition) is 2. The molecule has 4 heterocycles. The third-order valence-electron chi connectivity index (χ3n) is 5.36. The number of para-hydroxylation sites is 1. The number of nitrogens with zero attached hydrogens (tertiary/aromatic N) is 8. The molecule has 14 heteroatoms. The van der Waals surface area contributed by atoms with E-state index in [9.17, 15) is 18.3 Å². The summed E-state index contributed by atoms with van der Waals surface area (Å²) in [6.07, 6.45) is 3.57. The summed E-state index contributed by atoms with van der Waals surface area (Å²) >= 11 is 1.21. The first kappa shape index (κ1) is 23.1. The summed E-state index contributed by atoms with van der Waals surface area (Å²) in [5.74, 6) is -1.59. The molecule has 0 bridgehead atoms. The second kappa shape index (κ2) is 9.54. The Morgan fingerprint density at radius 1 is 1.06 bits per heavy atom. The highest BCUT2D eigenvalue weighted by molar-refractivity contribution is 8.01. The highest BCUT2D eigenvalue weighted by Gasteiger charge is 2.29. The van der Waals surface area contributed by atoms with Crippen molar-refractivity contribution in [1.29, 1.82) is 0 Å². The number of anilines is 2. The Labute approximate surface area is 202 Å². The van der Waals surface area contributed by atoms with Crippen LogP contribution in [0.15, 0.2) is 42.9 Å². The van der Waals surface area contributed by atoms with E-state index in [2.05, 4.69) is 30.0 Å². The highest BCUT2D eigenvalue weighted by atomic mass is 32.2. The number of aliphatic hydroxyl groups excluding tert-OH is 1. The Kier molecular flexibility index (Phi) is 6.30. The van der Waals surface area contributed by atoms with E-state index in [4.69, 9.17) is 0 Å². The minimum Gasteiger partial charge on any atom is -0.391 e. The average Bonchev–Trinajstić information content (AvgIpc) is 3.44. The lowest BCUT2D eigenvalue weighted by atomic mass is 10.1. The number of aliphatic hydroxyl groups is 1. The normalized spacial score (nSPS) is 18.1. The van der Waals surface area contributed by atoms with E-state index in [1.165, 1.54) is 22.6 Å². The molecule has 0 radical (unpaired) electrons. The summed E-state index contributed by atoms with van der Waals surface area (Å²) in [6.45, 7) is 0.735. The zero-order chi connectivity index (χ0) is 24.5. The van der Waals surface area contributed by atoms with Crippen molar-refractivity contribution in [3.8, 4) is 17.2 Å². The van der Waals surface area contributed by atoms with Crippen molar-refractivity contribution in [3.63, 3.8) is 0 Å². The zero-order valence-corrected chi connectivity index (χ0v) is 19.2. The van der Waals surface area contributed by atoms with Crippen molar-refractivity contribution in [1.82, 2.24) is 34.5 Å². The lowest BCUT2D eigenvalue weighted by Crippen LogP contribution is -2.45. The maximum atomic E-state index is 14.8. The molecule has 1 saturated heterocycles. The van der Waals surface area contributed by atoms with Gasteiger partial charge in [-0.05, 0) is 36.6 Å². The number of aryl methyl sites for hydroxylation is 1. The molecule has 10 nitrogen and oxygen atoms in total. The molecule has 2 unspecified atom stereocenters. The third-order valence-corrected chi connectivity index (χ3v) is 6.34. The number of β-amino-alcohol motifs (C(OH)–C–C–N with tert-alkyl or cyclic N) is 1. The molecular formula is C21H20F3N9OS. The van der Waals surface area contributed by atoms with Gasteiger partial charge >= 0.3 is 0 Å². The van der Waals surface area contributed by atoms with Crippen LogP contribution in [0.4, 0.5) is 25.1 Å². The molecule has 182 valence electrons. The van der Waals surface area contributed by atoms with E-state index in [1.807, 2.05) is 0 Å². The van der Waals surface area contributed by atoms with Crippen molar-refractivity contribution < 1.29 is 18.3 Å². The van der Waals surface area contributed by atoms with Crippen LogP contribution >= 0.6 is 11.9 Å². The number of aromatic nitrogens is 7. The largest absolute Gasteiger partial charge is 0.391 e. The molecule has 0 amide bonds. The van der Waals surface area contributed by atoms with Crippen molar-refractivity contribution in [2.75, 3.05) is 22.7 Å². The van der Waals surface area contributed by atoms with Crippen LogP contribution in [0.2, 0.25) is 0 Å². The van der Waals surface area contributed by atoms with Gasteiger partial charge in [0.1, 0.15) is 23.0 Å². The van der Waals surface area contributed by atoms with E-state index in [1.54, 1.807) is 28.9 Å². The lowest BCUT2D eigenvalue weighted by Gasteiger charge is -2.35. The molecular weight excluding hydrogens is 483 g/mol. The Bertz CT molecular complexity index is 1310. The quantitative estimate of drug-likeness (QED) is 0.384. The fraction of sp³-hybridized carbons (Fsp3) is 0.286. The van der Waals surface area contributed by atoms with Gasteiger partial charge in [-0.25, -0.2) is 23.1 Å². The Balaban J connectivity index is 1.42. The number of benzene rings is 1. The van der Waals surface area contributed by atoms with E-state index in [0.717, 1.165) is 24.5 Å². The molecule has 1 aliphatic heterocycles. The van der Waals surface area contributed by atoms with Crippen molar-refractivity contribution >= 4 is 23.8 Å². The Hall–Kier alpha value is -3.65. The maximum absolute atomic E-state index is 14.8. The predicted octanol–water partition coefficient (Wildman–Crippen LogP) is 2.58. The fourth-order valence-corrected chi connectivity index (χ4v) is 4.82. The van der Waals surface area contributed by atoms with Gasteiger partial charge in [0.25, 0.3) is 0 Å². The summed E-state index contributed by atoms with van der Waals surface area (Å²) in [6, 6.07) is 5.23. The molecule has 3 aromatic heterocycles. The number of hydrogen-bond acceptors (Lipinski definition) is 9. The molecule has 0 aliphatic carbocycles. The van der Waals surface area contributed by atoms with Gasteiger partial charge < -0.3 is 10.0 Å². The van der Waals surface area contributed by atoms with Crippen LogP contribution in [0.1, 0.15) is 6.42 Å². The summed E-state index contributed by atoms with van der Waals surface area (Å²) in [5, 5.41) is 22.7. The molecule has 0 spiro atoms. The van der Waals surface area contributed by atoms with E-state index in [0.29, 0.717) is 31.2 Å². The molecule has 5 rings (SSSR count). The predicted molar refractivity (Wildman–Crippen MR) is 123 cm³/mol. The molecule has 2 atom stereocenters. The molecule has 1 fully saturated rings. The molecule has 2 N–H and O–H groups in total. The third kappa shape index (κ3) is 4.79. The average molecular weight is 504 g/mol. The number of piperidine rings is 1. The van der Waals surface area contributed by atoms with Gasteiger partial charge in [0.15, 0.2) is 11.6 Å². The van der Waals surface area contributed by atoms with Crippen LogP contribution in [0, 0.1) is 17.5 Å². The van der Waals surface area contributed by atoms with E-state index >= 15 is 0 Å². The standard InChI is InChI=1S/C21H20F3N9OS/c1-31-6-5-17(29-31)19-27-28-21(33(19)18-15(23)3-2-4-16(18)24)30-35-14-7-13(34)10-32(11-14)20-25-8-12(22)9-26-20/h2-6,8-9,13-14,34H,7,10-11H2,1H3,(H,28,30). The van der Waals surface area contributed by atoms with Gasteiger partial charge in [0.2, 0.25) is 11.9 Å². The minimum absolute atomic E-state index is 0.0873. The van der Waals surface area contributed by atoms with Crippen LogP contribution in [0.25, 0.3) is 17.2 Å². The van der Waals surface area contributed by atoms with Gasteiger partial charge in [0, 0.05) is 31.6 Å². The summed E-state index contributed by atoms with van der Waals surface area (Å²) in [5.41, 5.74) is 0.0414. The highest BCUT2D eigenvalue weighted by Crippen LogP contribution is 2.31. The van der Waals surface area contributed by atoms with Crippen LogP contribution < -0.4 is 9.62 Å². The second-order valence-electron chi connectivity index (χ2n) is 7.97. The Morgan fingerprint density at radius 2 is 1.80 bits per heavy atom. The number of halogens is 3. The molecule has 0 saturated carbocycles. The van der Waals surface area contributed by atoms with Gasteiger partial charge in [0.05, 0.1) is 18.5 Å². The fourth-order valence-electron chi connectivity index (χ4n) is 3.85. The zero-order valence-electron chi connectivity index (χ0n) is 18.4. The summed E-state index contributed by atoms with van der Waals surface area (Å²) in [7, 11) is 1.72. The van der Waals surface area contributed by atoms with Gasteiger partial charge in [-0.3, -0.25) is 14.0 Å². The summed E-state index contributed by atoms with van der Waals surface area (Å²) < 4.78 is 48.5. The first-order valence-electron chi connectivity index (χ1n) is 10.6. The van der Waals surface area contributed by atoms with Crippen molar-refractivity contribution in [3.05, 3.63) is 60.3 Å². The second-order valence-corrected chi connectivity index (χ2v) is 9.07. The van der Waals surface area contributed by atoms with Crippen LogP contribution in [-0.4, -0.2) is 64.1 Å². The summed E-state index contributed by atoms with van der Waals surface area (Å²) in [4.78, 5) is 9.71. The number of nitrogens with one attached hydrogen (secondary N) is 1. The van der Waals surface area contributed by atoms with E-state index in [-0.39, 0.29) is 22.7 Å². The molecule has 35 heavy (non-hydrogen) atoms. The minimum atomic E-state index is -0.789. The SMILES string of the molecule is Cn1ccc(-c2nnc(NSC3CC(O)CN(c4ncc(F)cn4)C3)n2-c2c(F)cccc2F)n1. The van der Waals surface area contributed by atoms with Gasteiger partial charge in [-0.15, -0.1) is 10.2 Å².